The van der Waals surface area contributed by atoms with E-state index in [2.05, 4.69) is 4.98 Å². The van der Waals surface area contributed by atoms with E-state index in [4.69, 9.17) is 0 Å². The summed E-state index contributed by atoms with van der Waals surface area (Å²) in [5, 5.41) is 0.936. The van der Waals surface area contributed by atoms with Crippen LogP contribution in [0.2, 0.25) is 0 Å². The Labute approximate surface area is 120 Å². The first-order chi connectivity index (χ1) is 10.1. The molecule has 0 saturated carbocycles. The molecule has 0 aliphatic rings. The zero-order valence-electron chi connectivity index (χ0n) is 11.0. The number of hydrogen-bond donors (Lipinski definition) is 0. The van der Waals surface area contributed by atoms with Crippen molar-refractivity contribution in [3.05, 3.63) is 77.5 Å². The molecule has 0 radical (unpaired) electrons. The molecule has 0 amide bonds. The van der Waals surface area contributed by atoms with Gasteiger partial charge in [0.2, 0.25) is 0 Å². The van der Waals surface area contributed by atoms with Gasteiger partial charge in [-0.3, -0.25) is 4.79 Å². The number of ketones is 1. The van der Waals surface area contributed by atoms with Crippen molar-refractivity contribution < 1.29 is 13.6 Å². The maximum atomic E-state index is 13.1. The lowest BCUT2D eigenvalue weighted by Gasteiger charge is -2.03. The van der Waals surface area contributed by atoms with Crippen molar-refractivity contribution in [3.63, 3.8) is 0 Å². The minimum absolute atomic E-state index is 0.0833. The minimum Gasteiger partial charge on any atom is -0.292 e. The molecule has 1 heterocycles. The van der Waals surface area contributed by atoms with Gasteiger partial charge in [0, 0.05) is 17.9 Å². The van der Waals surface area contributed by atoms with Crippen LogP contribution in [-0.2, 0) is 6.42 Å². The second kappa shape index (κ2) is 5.40. The molecule has 0 aliphatic carbocycles. The first-order valence-electron chi connectivity index (χ1n) is 6.46. The van der Waals surface area contributed by atoms with Gasteiger partial charge in [-0.05, 0) is 29.8 Å². The third kappa shape index (κ3) is 2.94. The Morgan fingerprint density at radius 3 is 2.43 bits per heavy atom. The maximum absolute atomic E-state index is 13.1. The van der Waals surface area contributed by atoms with Crippen LogP contribution in [0.25, 0.3) is 10.9 Å². The summed E-state index contributed by atoms with van der Waals surface area (Å²) in [6.45, 7) is 0. The number of hydrogen-bond acceptors (Lipinski definition) is 2. The van der Waals surface area contributed by atoms with Gasteiger partial charge in [0.25, 0.3) is 0 Å². The van der Waals surface area contributed by atoms with Gasteiger partial charge in [-0.15, -0.1) is 0 Å². The Kier molecular flexibility index (Phi) is 3.44. The summed E-state index contributed by atoms with van der Waals surface area (Å²) >= 11 is 0. The number of rotatable bonds is 3. The van der Waals surface area contributed by atoms with Crippen LogP contribution in [0.3, 0.4) is 0 Å². The number of para-hydroxylation sites is 1. The molecular weight excluding hydrogens is 272 g/mol. The zero-order chi connectivity index (χ0) is 14.8. The molecule has 0 atom stereocenters. The largest absolute Gasteiger partial charge is 0.292 e. The number of nitrogens with zero attached hydrogens (tertiary/aromatic N) is 1. The van der Waals surface area contributed by atoms with Gasteiger partial charge in [0.05, 0.1) is 5.52 Å². The first kappa shape index (κ1) is 13.4. The SMILES string of the molecule is O=C(Cc1cc(F)cc(F)c1)c1ccc2ccccc2n1. The summed E-state index contributed by atoms with van der Waals surface area (Å²) in [5.41, 5.74) is 1.31. The zero-order valence-corrected chi connectivity index (χ0v) is 11.0. The Balaban J connectivity index is 1.89. The predicted octanol–water partition coefficient (Wildman–Crippen LogP) is 3.94. The molecule has 0 bridgehead atoms. The number of aromatic nitrogens is 1. The summed E-state index contributed by atoms with van der Waals surface area (Å²) in [6, 6.07) is 14.0. The van der Waals surface area contributed by atoms with Crippen LogP contribution in [-0.4, -0.2) is 10.8 Å². The van der Waals surface area contributed by atoms with E-state index in [1.165, 1.54) is 0 Å². The van der Waals surface area contributed by atoms with Crippen LogP contribution in [0.15, 0.2) is 54.6 Å². The lowest BCUT2D eigenvalue weighted by atomic mass is 10.1. The Hall–Kier alpha value is -2.62. The van der Waals surface area contributed by atoms with Crippen LogP contribution >= 0.6 is 0 Å². The highest BCUT2D eigenvalue weighted by molar-refractivity contribution is 5.97. The Morgan fingerprint density at radius 1 is 0.952 bits per heavy atom. The van der Waals surface area contributed by atoms with Gasteiger partial charge in [0.1, 0.15) is 17.3 Å². The maximum Gasteiger partial charge on any atom is 0.185 e. The first-order valence-corrected chi connectivity index (χ1v) is 6.46. The summed E-state index contributed by atoms with van der Waals surface area (Å²) in [5.74, 6) is -1.65. The van der Waals surface area contributed by atoms with E-state index in [0.29, 0.717) is 16.8 Å². The highest BCUT2D eigenvalue weighted by atomic mass is 19.1. The molecule has 1 aromatic heterocycles. The second-order valence-electron chi connectivity index (χ2n) is 4.77. The van der Waals surface area contributed by atoms with Crippen molar-refractivity contribution in [1.82, 2.24) is 4.98 Å². The molecule has 0 spiro atoms. The molecule has 3 rings (SSSR count). The van der Waals surface area contributed by atoms with E-state index in [9.17, 15) is 13.6 Å². The van der Waals surface area contributed by atoms with E-state index < -0.39 is 11.6 Å². The molecule has 0 unspecified atom stereocenters. The molecule has 2 nitrogen and oxygen atoms in total. The van der Waals surface area contributed by atoms with Gasteiger partial charge in [-0.1, -0.05) is 24.3 Å². The number of benzene rings is 2. The highest BCUT2D eigenvalue weighted by Gasteiger charge is 2.11. The number of carbonyl (C=O) groups excluding carboxylic acids is 1. The fourth-order valence-corrected chi connectivity index (χ4v) is 2.21. The third-order valence-electron chi connectivity index (χ3n) is 3.17. The molecular formula is C17H11F2NO. The van der Waals surface area contributed by atoms with E-state index in [1.807, 2.05) is 30.3 Å². The third-order valence-corrected chi connectivity index (χ3v) is 3.17. The van der Waals surface area contributed by atoms with Crippen LogP contribution in [0.4, 0.5) is 8.78 Å². The summed E-state index contributed by atoms with van der Waals surface area (Å²) < 4.78 is 26.2. The summed E-state index contributed by atoms with van der Waals surface area (Å²) in [4.78, 5) is 16.5. The molecule has 0 saturated heterocycles. The average molecular weight is 283 g/mol. The number of fused-ring (bicyclic) bond motifs is 1. The molecule has 21 heavy (non-hydrogen) atoms. The Bertz CT molecular complexity index is 810. The standard InChI is InChI=1S/C17H11F2NO/c18-13-7-11(8-14(19)10-13)9-17(21)16-6-5-12-3-1-2-4-15(12)20-16/h1-8,10H,9H2. The molecule has 2 aromatic carbocycles. The average Bonchev–Trinajstić information content (AvgIpc) is 2.45. The quantitative estimate of drug-likeness (QED) is 0.681. The van der Waals surface area contributed by atoms with Crippen molar-refractivity contribution >= 4 is 16.7 Å². The minimum atomic E-state index is -0.690. The number of pyridine rings is 1. The van der Waals surface area contributed by atoms with E-state index in [1.54, 1.807) is 6.07 Å². The van der Waals surface area contributed by atoms with Gasteiger partial charge in [0.15, 0.2) is 5.78 Å². The topological polar surface area (TPSA) is 30.0 Å². The smallest absolute Gasteiger partial charge is 0.185 e. The second-order valence-corrected chi connectivity index (χ2v) is 4.77. The molecule has 104 valence electrons. The van der Waals surface area contributed by atoms with Crippen molar-refractivity contribution in [1.29, 1.82) is 0 Å². The Morgan fingerprint density at radius 2 is 1.67 bits per heavy atom. The van der Waals surface area contributed by atoms with Crippen LogP contribution in [0.1, 0.15) is 16.1 Å². The van der Waals surface area contributed by atoms with Crippen molar-refractivity contribution in [3.8, 4) is 0 Å². The fraction of sp³-hybridized carbons (Fsp3) is 0.0588. The molecule has 0 aliphatic heterocycles. The lowest BCUT2D eigenvalue weighted by Crippen LogP contribution is -2.06. The monoisotopic (exact) mass is 283 g/mol. The molecule has 4 heteroatoms. The normalized spacial score (nSPS) is 10.8. The van der Waals surface area contributed by atoms with Crippen LogP contribution in [0.5, 0.6) is 0 Å². The van der Waals surface area contributed by atoms with E-state index in [-0.39, 0.29) is 12.2 Å². The van der Waals surface area contributed by atoms with Gasteiger partial charge in [-0.25, -0.2) is 13.8 Å². The fourth-order valence-electron chi connectivity index (χ4n) is 2.21. The van der Waals surface area contributed by atoms with Crippen LogP contribution in [0, 0.1) is 11.6 Å². The van der Waals surface area contributed by atoms with Gasteiger partial charge >= 0.3 is 0 Å². The molecule has 3 aromatic rings. The summed E-state index contributed by atoms with van der Waals surface area (Å²) in [6.07, 6.45) is -0.0833. The lowest BCUT2D eigenvalue weighted by molar-refractivity contribution is 0.0988. The van der Waals surface area contributed by atoms with Gasteiger partial charge in [-0.2, -0.15) is 0 Å². The predicted molar refractivity (Wildman–Crippen MR) is 76.1 cm³/mol. The van der Waals surface area contributed by atoms with Crippen molar-refractivity contribution in [2.24, 2.45) is 0 Å². The number of halogens is 2. The number of Topliss-reactive ketones (excluding diaryl/α,β-unsaturated/α-hetero) is 1. The van der Waals surface area contributed by atoms with Crippen LogP contribution < -0.4 is 0 Å². The highest BCUT2D eigenvalue weighted by Crippen LogP contribution is 2.15. The van der Waals surface area contributed by atoms with Crippen molar-refractivity contribution in [2.75, 3.05) is 0 Å². The molecule has 0 N–H and O–H groups in total. The molecule has 0 fully saturated rings. The van der Waals surface area contributed by atoms with Gasteiger partial charge < -0.3 is 0 Å². The van der Waals surface area contributed by atoms with E-state index >= 15 is 0 Å². The van der Waals surface area contributed by atoms with E-state index in [0.717, 1.165) is 23.6 Å². The number of carbonyl (C=O) groups is 1. The summed E-state index contributed by atoms with van der Waals surface area (Å²) in [7, 11) is 0. The van der Waals surface area contributed by atoms with Crippen molar-refractivity contribution in [2.45, 2.75) is 6.42 Å².